The number of aryl methyl sites for hydroxylation is 1. The minimum atomic E-state index is -0.477. The van der Waals surface area contributed by atoms with Gasteiger partial charge in [-0.2, -0.15) is 0 Å². The van der Waals surface area contributed by atoms with Crippen molar-refractivity contribution in [3.8, 4) is 0 Å². The van der Waals surface area contributed by atoms with Crippen LogP contribution in [0.3, 0.4) is 0 Å². The van der Waals surface area contributed by atoms with Gasteiger partial charge in [0.05, 0.1) is 5.41 Å². The molecular weight excluding hydrogens is 260 g/mol. The lowest BCUT2D eigenvalue weighted by Crippen LogP contribution is -2.43. The molecule has 1 amide bonds. The van der Waals surface area contributed by atoms with Crippen LogP contribution in [0.2, 0.25) is 0 Å². The highest BCUT2D eigenvalue weighted by molar-refractivity contribution is 5.88. The average molecular weight is 283 g/mol. The molecule has 0 aromatic heterocycles. The summed E-state index contributed by atoms with van der Waals surface area (Å²) < 4.78 is 0. The summed E-state index contributed by atoms with van der Waals surface area (Å²) in [5.41, 5.74) is 7.68. The molecule has 0 bridgehead atoms. The first-order valence-corrected chi connectivity index (χ1v) is 6.54. The molecule has 1 aliphatic rings. The van der Waals surface area contributed by atoms with E-state index >= 15 is 0 Å². The summed E-state index contributed by atoms with van der Waals surface area (Å²) in [5.74, 6) is 0.185. The maximum Gasteiger partial charge on any atom is 0.232 e. The topological polar surface area (TPSA) is 46.3 Å². The molecule has 106 valence electrons. The molecule has 0 radical (unpaired) electrons. The summed E-state index contributed by atoms with van der Waals surface area (Å²) in [7, 11) is 0. The number of halogens is 1. The number of nitrogens with zero attached hydrogens (tertiary/aromatic N) is 1. The van der Waals surface area contributed by atoms with Gasteiger partial charge in [-0.15, -0.1) is 12.4 Å². The Morgan fingerprint density at radius 3 is 2.53 bits per heavy atom. The molecule has 0 saturated carbocycles. The zero-order valence-corrected chi connectivity index (χ0v) is 12.7. The van der Waals surface area contributed by atoms with Gasteiger partial charge in [0.1, 0.15) is 0 Å². The molecule has 0 unspecified atom stereocenters. The average Bonchev–Trinajstić information content (AvgIpc) is 2.75. The van der Waals surface area contributed by atoms with Crippen LogP contribution in [0.15, 0.2) is 24.3 Å². The third-order valence-corrected chi connectivity index (χ3v) is 3.86. The van der Waals surface area contributed by atoms with Crippen molar-refractivity contribution in [1.29, 1.82) is 0 Å². The van der Waals surface area contributed by atoms with E-state index in [2.05, 4.69) is 13.0 Å². The largest absolute Gasteiger partial charge is 0.340 e. The van der Waals surface area contributed by atoms with Gasteiger partial charge in [-0.3, -0.25) is 4.79 Å². The van der Waals surface area contributed by atoms with Crippen LogP contribution in [0, 0.1) is 6.92 Å². The van der Waals surface area contributed by atoms with Crippen LogP contribution in [0.5, 0.6) is 0 Å². The van der Waals surface area contributed by atoms with Crippen LogP contribution < -0.4 is 5.73 Å². The van der Waals surface area contributed by atoms with Crippen LogP contribution >= 0.6 is 12.4 Å². The molecule has 19 heavy (non-hydrogen) atoms. The molecule has 1 atom stereocenters. The molecule has 1 aliphatic heterocycles. The second-order valence-corrected chi connectivity index (χ2v) is 5.74. The van der Waals surface area contributed by atoms with Crippen LogP contribution in [-0.4, -0.2) is 29.9 Å². The van der Waals surface area contributed by atoms with E-state index in [-0.39, 0.29) is 24.4 Å². The number of amides is 1. The Morgan fingerprint density at radius 1 is 1.37 bits per heavy atom. The SMILES string of the molecule is Cc1ccccc1C(C)(C)C(=O)N1CC[C@@H](N)C1.Cl. The van der Waals surface area contributed by atoms with E-state index in [0.29, 0.717) is 6.54 Å². The molecule has 0 spiro atoms. The van der Waals surface area contributed by atoms with Gasteiger partial charge in [-0.05, 0) is 38.3 Å². The highest BCUT2D eigenvalue weighted by Crippen LogP contribution is 2.29. The second-order valence-electron chi connectivity index (χ2n) is 5.74. The standard InChI is InChI=1S/C15H22N2O.ClH/c1-11-6-4-5-7-13(11)15(2,3)14(18)17-9-8-12(16)10-17;/h4-7,12H,8-10,16H2,1-3H3;1H/t12-;/m1./s1. The number of benzene rings is 1. The van der Waals surface area contributed by atoms with Gasteiger partial charge in [0.2, 0.25) is 5.91 Å². The predicted molar refractivity (Wildman–Crippen MR) is 80.6 cm³/mol. The summed E-state index contributed by atoms with van der Waals surface area (Å²) in [6.45, 7) is 7.53. The Hall–Kier alpha value is -1.06. The van der Waals surface area contributed by atoms with Crippen LogP contribution in [-0.2, 0) is 10.2 Å². The van der Waals surface area contributed by atoms with E-state index in [9.17, 15) is 4.79 Å². The molecule has 3 nitrogen and oxygen atoms in total. The van der Waals surface area contributed by atoms with Gasteiger partial charge in [0.15, 0.2) is 0 Å². The minimum absolute atomic E-state index is 0. The fourth-order valence-electron chi connectivity index (χ4n) is 2.76. The van der Waals surface area contributed by atoms with Crippen LogP contribution in [0.25, 0.3) is 0 Å². The first-order chi connectivity index (χ1) is 8.43. The van der Waals surface area contributed by atoms with Gasteiger partial charge in [0, 0.05) is 19.1 Å². The molecule has 1 fully saturated rings. The smallest absolute Gasteiger partial charge is 0.232 e. The van der Waals surface area contributed by atoms with Crippen LogP contribution in [0.1, 0.15) is 31.4 Å². The van der Waals surface area contributed by atoms with E-state index in [1.165, 1.54) is 5.56 Å². The van der Waals surface area contributed by atoms with Crippen molar-refractivity contribution in [3.63, 3.8) is 0 Å². The summed E-state index contributed by atoms with van der Waals surface area (Å²) in [6, 6.07) is 8.24. The number of likely N-dealkylation sites (tertiary alicyclic amines) is 1. The fraction of sp³-hybridized carbons (Fsp3) is 0.533. The van der Waals surface area contributed by atoms with Crippen molar-refractivity contribution in [3.05, 3.63) is 35.4 Å². The first kappa shape index (κ1) is 16.0. The maximum absolute atomic E-state index is 12.6. The number of rotatable bonds is 2. The van der Waals surface area contributed by atoms with Gasteiger partial charge in [0.25, 0.3) is 0 Å². The summed E-state index contributed by atoms with van der Waals surface area (Å²) in [5, 5.41) is 0. The number of carbonyl (C=O) groups is 1. The zero-order chi connectivity index (χ0) is 13.3. The molecule has 1 saturated heterocycles. The van der Waals surface area contributed by atoms with Crippen molar-refractivity contribution < 1.29 is 4.79 Å². The third kappa shape index (κ3) is 3.10. The lowest BCUT2D eigenvalue weighted by atomic mass is 9.81. The van der Waals surface area contributed by atoms with Crippen LogP contribution in [0.4, 0.5) is 0 Å². The lowest BCUT2D eigenvalue weighted by molar-refractivity contribution is -0.135. The number of hydrogen-bond acceptors (Lipinski definition) is 2. The van der Waals surface area contributed by atoms with Crippen molar-refractivity contribution in [2.24, 2.45) is 5.73 Å². The van der Waals surface area contributed by atoms with Gasteiger partial charge >= 0.3 is 0 Å². The molecular formula is C15H23ClN2O. The van der Waals surface area contributed by atoms with Crippen molar-refractivity contribution >= 4 is 18.3 Å². The zero-order valence-electron chi connectivity index (χ0n) is 11.8. The summed E-state index contributed by atoms with van der Waals surface area (Å²) in [6.07, 6.45) is 0.912. The van der Waals surface area contributed by atoms with Crippen molar-refractivity contribution in [1.82, 2.24) is 4.90 Å². The summed E-state index contributed by atoms with van der Waals surface area (Å²) >= 11 is 0. The fourth-order valence-corrected chi connectivity index (χ4v) is 2.76. The molecule has 1 aromatic rings. The molecule has 2 N–H and O–H groups in total. The molecule has 2 rings (SSSR count). The Labute approximate surface area is 121 Å². The van der Waals surface area contributed by atoms with Gasteiger partial charge < -0.3 is 10.6 Å². The third-order valence-electron chi connectivity index (χ3n) is 3.86. The quantitative estimate of drug-likeness (QED) is 0.904. The van der Waals surface area contributed by atoms with E-state index in [4.69, 9.17) is 5.73 Å². The van der Waals surface area contributed by atoms with Crippen molar-refractivity contribution in [2.75, 3.05) is 13.1 Å². The Morgan fingerprint density at radius 2 is 2.00 bits per heavy atom. The van der Waals surface area contributed by atoms with Crippen molar-refractivity contribution in [2.45, 2.75) is 38.6 Å². The Kier molecular flexibility index (Phi) is 4.99. The molecule has 1 heterocycles. The number of carbonyl (C=O) groups excluding carboxylic acids is 1. The monoisotopic (exact) mass is 282 g/mol. The molecule has 4 heteroatoms. The number of nitrogens with two attached hydrogens (primary N) is 1. The summed E-state index contributed by atoms with van der Waals surface area (Å²) in [4.78, 5) is 14.5. The molecule has 1 aromatic carbocycles. The van der Waals surface area contributed by atoms with E-state index < -0.39 is 5.41 Å². The van der Waals surface area contributed by atoms with E-state index in [1.807, 2.05) is 36.9 Å². The number of hydrogen-bond donors (Lipinski definition) is 1. The lowest BCUT2D eigenvalue weighted by Gasteiger charge is -2.30. The molecule has 0 aliphatic carbocycles. The predicted octanol–water partition coefficient (Wildman–Crippen LogP) is 2.25. The Bertz CT molecular complexity index is 459. The highest BCUT2D eigenvalue weighted by atomic mass is 35.5. The van der Waals surface area contributed by atoms with E-state index in [0.717, 1.165) is 18.5 Å². The van der Waals surface area contributed by atoms with Gasteiger partial charge in [-0.1, -0.05) is 24.3 Å². The first-order valence-electron chi connectivity index (χ1n) is 6.54. The van der Waals surface area contributed by atoms with E-state index in [1.54, 1.807) is 0 Å². The normalized spacial score (nSPS) is 19.2. The van der Waals surface area contributed by atoms with Gasteiger partial charge in [-0.25, -0.2) is 0 Å². The maximum atomic E-state index is 12.6. The second kappa shape index (κ2) is 5.93. The minimum Gasteiger partial charge on any atom is -0.340 e. The Balaban J connectivity index is 0.00000180. The highest BCUT2D eigenvalue weighted by Gasteiger charge is 2.36.